The molecule has 0 heterocycles. The molecule has 1 heteroatoms. The lowest BCUT2D eigenvalue weighted by atomic mass is 9.97. The Kier molecular flexibility index (Phi) is 3.06. The fraction of sp³-hybridized carbons (Fsp3) is 0.833. The summed E-state index contributed by atoms with van der Waals surface area (Å²) in [6.45, 7) is 13.7. The van der Waals surface area contributed by atoms with Crippen LogP contribution in [0.5, 0.6) is 0 Å². The Labute approximate surface area is 84.4 Å². The van der Waals surface area contributed by atoms with Crippen molar-refractivity contribution in [2.24, 2.45) is 5.41 Å². The molecule has 0 aromatic carbocycles. The minimum atomic E-state index is -0.881. The Morgan fingerprint density at radius 3 is 2.38 bits per heavy atom. The van der Waals surface area contributed by atoms with E-state index in [9.17, 15) is 0 Å². The first kappa shape index (κ1) is 11.0. The second kappa shape index (κ2) is 3.60. The highest BCUT2D eigenvalue weighted by atomic mass is 28.3. The molecule has 0 N–H and O–H groups in total. The first-order chi connectivity index (χ1) is 5.96. The van der Waals surface area contributed by atoms with E-state index in [0.717, 1.165) is 5.54 Å². The summed E-state index contributed by atoms with van der Waals surface area (Å²) in [5.74, 6) is 0. The van der Waals surface area contributed by atoms with E-state index >= 15 is 0 Å². The number of allylic oxidation sites excluding steroid dienone is 1. The van der Waals surface area contributed by atoms with E-state index in [2.05, 4.69) is 39.2 Å². The van der Waals surface area contributed by atoms with Gasteiger partial charge in [0.05, 0.1) is 0 Å². The van der Waals surface area contributed by atoms with Crippen molar-refractivity contribution in [3.8, 4) is 0 Å². The van der Waals surface area contributed by atoms with Gasteiger partial charge in [0.2, 0.25) is 0 Å². The van der Waals surface area contributed by atoms with Crippen molar-refractivity contribution in [3.05, 3.63) is 12.7 Å². The van der Waals surface area contributed by atoms with E-state index in [1.165, 1.54) is 25.7 Å². The summed E-state index contributed by atoms with van der Waals surface area (Å²) in [4.78, 5) is 0. The molecule has 0 unspecified atom stereocenters. The summed E-state index contributed by atoms with van der Waals surface area (Å²) in [5, 5.41) is 0. The SMILES string of the molecule is C=CC[C@]1(CCC)C[C@@H]1[Si](C)(C)C. The average Bonchev–Trinajstić information content (AvgIpc) is 2.64. The van der Waals surface area contributed by atoms with Crippen LogP contribution in [0.3, 0.4) is 0 Å². The van der Waals surface area contributed by atoms with Crippen LogP contribution in [-0.4, -0.2) is 8.07 Å². The van der Waals surface area contributed by atoms with Gasteiger partial charge in [0.15, 0.2) is 0 Å². The molecule has 1 aliphatic rings. The molecular formula is C12H24Si. The van der Waals surface area contributed by atoms with E-state index in [1.54, 1.807) is 0 Å². The molecule has 1 aliphatic carbocycles. The Hall–Kier alpha value is -0.0431. The second-order valence-electron chi connectivity index (χ2n) is 5.73. The van der Waals surface area contributed by atoms with Gasteiger partial charge in [0.25, 0.3) is 0 Å². The van der Waals surface area contributed by atoms with Crippen molar-refractivity contribution in [2.75, 3.05) is 0 Å². The zero-order valence-corrected chi connectivity index (χ0v) is 10.7. The summed E-state index contributed by atoms with van der Waals surface area (Å²) in [5.41, 5.74) is 1.76. The summed E-state index contributed by atoms with van der Waals surface area (Å²) in [7, 11) is -0.881. The maximum absolute atomic E-state index is 3.90. The molecule has 0 aromatic heterocycles. The Bertz CT molecular complexity index is 190. The molecule has 1 rings (SSSR count). The summed E-state index contributed by atoms with van der Waals surface area (Å²) in [6, 6.07) is 0. The van der Waals surface area contributed by atoms with Gasteiger partial charge >= 0.3 is 0 Å². The van der Waals surface area contributed by atoms with Crippen LogP contribution in [0, 0.1) is 5.41 Å². The highest BCUT2D eigenvalue weighted by Crippen LogP contribution is 2.67. The first-order valence-electron chi connectivity index (χ1n) is 5.57. The molecule has 0 spiro atoms. The van der Waals surface area contributed by atoms with Crippen LogP contribution < -0.4 is 0 Å². The standard InChI is InChI=1S/C12H24Si/c1-6-8-12(9-7-2)10-11(12)13(3,4)5/h6,11H,1,7-10H2,2-5H3/t11-,12-/m0/s1. The summed E-state index contributed by atoms with van der Waals surface area (Å²) in [6.07, 6.45) is 7.65. The van der Waals surface area contributed by atoms with E-state index in [4.69, 9.17) is 0 Å². The van der Waals surface area contributed by atoms with Crippen LogP contribution >= 0.6 is 0 Å². The highest BCUT2D eigenvalue weighted by molar-refractivity contribution is 6.78. The molecule has 2 atom stereocenters. The van der Waals surface area contributed by atoms with Crippen LogP contribution in [0.2, 0.25) is 25.2 Å². The van der Waals surface area contributed by atoms with E-state index in [1.807, 2.05) is 0 Å². The number of hydrogen-bond acceptors (Lipinski definition) is 0. The molecule has 0 aromatic rings. The predicted octanol–water partition coefficient (Wildman–Crippen LogP) is 4.46. The van der Waals surface area contributed by atoms with Crippen LogP contribution in [0.15, 0.2) is 12.7 Å². The monoisotopic (exact) mass is 196 g/mol. The first-order valence-corrected chi connectivity index (χ1v) is 9.15. The highest BCUT2D eigenvalue weighted by Gasteiger charge is 2.57. The van der Waals surface area contributed by atoms with Gasteiger partial charge in [-0.2, -0.15) is 0 Å². The van der Waals surface area contributed by atoms with Crippen molar-refractivity contribution in [1.29, 1.82) is 0 Å². The van der Waals surface area contributed by atoms with Crippen molar-refractivity contribution >= 4 is 8.07 Å². The molecule has 76 valence electrons. The van der Waals surface area contributed by atoms with E-state index in [-0.39, 0.29) is 0 Å². The van der Waals surface area contributed by atoms with Gasteiger partial charge in [-0.1, -0.05) is 39.1 Å². The number of hydrogen-bond donors (Lipinski definition) is 0. The molecule has 0 radical (unpaired) electrons. The van der Waals surface area contributed by atoms with Crippen LogP contribution in [0.4, 0.5) is 0 Å². The zero-order chi connectivity index (χ0) is 10.1. The lowest BCUT2D eigenvalue weighted by molar-refractivity contribution is 0.463. The normalized spacial score (nSPS) is 33.1. The summed E-state index contributed by atoms with van der Waals surface area (Å²) >= 11 is 0. The average molecular weight is 196 g/mol. The Morgan fingerprint density at radius 2 is 2.08 bits per heavy atom. The van der Waals surface area contributed by atoms with Gasteiger partial charge in [-0.3, -0.25) is 0 Å². The largest absolute Gasteiger partial charge is 0.103 e. The van der Waals surface area contributed by atoms with Gasteiger partial charge in [-0.25, -0.2) is 0 Å². The third kappa shape index (κ3) is 2.25. The lowest BCUT2D eigenvalue weighted by Crippen LogP contribution is -2.23. The maximum Gasteiger partial charge on any atom is 0.0479 e. The third-order valence-corrected chi connectivity index (χ3v) is 6.44. The van der Waals surface area contributed by atoms with Gasteiger partial charge in [-0.15, -0.1) is 6.58 Å². The van der Waals surface area contributed by atoms with E-state index in [0.29, 0.717) is 5.41 Å². The molecule has 0 amide bonds. The Balaban J connectivity index is 2.60. The minimum Gasteiger partial charge on any atom is -0.103 e. The molecule has 1 saturated carbocycles. The van der Waals surface area contributed by atoms with Crippen molar-refractivity contribution < 1.29 is 0 Å². The van der Waals surface area contributed by atoms with Crippen molar-refractivity contribution in [2.45, 2.75) is 57.8 Å². The second-order valence-corrected chi connectivity index (χ2v) is 11.2. The minimum absolute atomic E-state index is 0.695. The maximum atomic E-state index is 3.90. The third-order valence-electron chi connectivity index (χ3n) is 3.53. The number of rotatable bonds is 5. The quantitative estimate of drug-likeness (QED) is 0.450. The van der Waals surface area contributed by atoms with Gasteiger partial charge < -0.3 is 0 Å². The Morgan fingerprint density at radius 1 is 1.46 bits per heavy atom. The predicted molar refractivity (Wildman–Crippen MR) is 63.9 cm³/mol. The fourth-order valence-electron chi connectivity index (χ4n) is 2.96. The molecule has 0 saturated heterocycles. The van der Waals surface area contributed by atoms with Gasteiger partial charge in [0.1, 0.15) is 0 Å². The van der Waals surface area contributed by atoms with E-state index < -0.39 is 8.07 Å². The molecule has 1 fully saturated rings. The topological polar surface area (TPSA) is 0 Å². The molecular weight excluding hydrogens is 172 g/mol. The van der Waals surface area contributed by atoms with Crippen LogP contribution in [-0.2, 0) is 0 Å². The molecule has 13 heavy (non-hydrogen) atoms. The van der Waals surface area contributed by atoms with Crippen molar-refractivity contribution in [1.82, 2.24) is 0 Å². The van der Waals surface area contributed by atoms with Gasteiger partial charge in [-0.05, 0) is 30.2 Å². The van der Waals surface area contributed by atoms with Crippen LogP contribution in [0.1, 0.15) is 32.6 Å². The lowest BCUT2D eigenvalue weighted by Gasteiger charge is -2.22. The smallest absolute Gasteiger partial charge is 0.0479 e. The molecule has 0 aliphatic heterocycles. The van der Waals surface area contributed by atoms with Crippen LogP contribution in [0.25, 0.3) is 0 Å². The zero-order valence-electron chi connectivity index (χ0n) is 9.69. The molecule has 0 bridgehead atoms. The summed E-state index contributed by atoms with van der Waals surface area (Å²) < 4.78 is 0. The fourth-order valence-corrected chi connectivity index (χ4v) is 6.08. The molecule has 0 nitrogen and oxygen atoms in total. The van der Waals surface area contributed by atoms with Crippen molar-refractivity contribution in [3.63, 3.8) is 0 Å². The van der Waals surface area contributed by atoms with Gasteiger partial charge in [0, 0.05) is 8.07 Å².